The molecule has 2 heterocycles. The summed E-state index contributed by atoms with van der Waals surface area (Å²) in [6, 6.07) is 0.337. The molecule has 1 aliphatic heterocycles. The van der Waals surface area contributed by atoms with Crippen LogP contribution in [-0.4, -0.2) is 42.0 Å². The van der Waals surface area contributed by atoms with E-state index in [1.807, 2.05) is 17.3 Å². The van der Waals surface area contributed by atoms with Gasteiger partial charge in [0.15, 0.2) is 0 Å². The monoisotopic (exact) mass is 225 g/mol. The molecule has 1 saturated heterocycles. The number of carbonyl (C=O) groups excluding carboxylic acids is 1. The molecule has 15 heavy (non-hydrogen) atoms. The molecule has 1 aromatic heterocycles. The highest BCUT2D eigenvalue weighted by atomic mass is 32.1. The van der Waals surface area contributed by atoms with E-state index in [2.05, 4.69) is 10.3 Å². The van der Waals surface area contributed by atoms with E-state index in [1.54, 1.807) is 5.51 Å². The fourth-order valence-electron chi connectivity index (χ4n) is 2.02. The molecule has 1 N–H and O–H groups in total. The smallest absolute Gasteiger partial charge is 0.273 e. The van der Waals surface area contributed by atoms with E-state index in [1.165, 1.54) is 11.3 Å². The van der Waals surface area contributed by atoms with Gasteiger partial charge in [-0.15, -0.1) is 11.3 Å². The molecule has 0 aromatic carbocycles. The number of thiazole rings is 1. The summed E-state index contributed by atoms with van der Waals surface area (Å²) in [5.74, 6) is 0.0778. The van der Waals surface area contributed by atoms with Crippen LogP contribution in [0.3, 0.4) is 0 Å². The molecule has 2 rings (SSSR count). The zero-order valence-corrected chi connectivity index (χ0v) is 9.59. The van der Waals surface area contributed by atoms with Crippen LogP contribution in [0.1, 0.15) is 23.3 Å². The lowest BCUT2D eigenvalue weighted by molar-refractivity contribution is 0.0732. The number of hydrogen-bond donors (Lipinski definition) is 1. The molecule has 1 atom stereocenters. The number of aromatic nitrogens is 1. The predicted molar refractivity (Wildman–Crippen MR) is 60.1 cm³/mol. The van der Waals surface area contributed by atoms with Gasteiger partial charge in [0.2, 0.25) is 0 Å². The molecule has 0 bridgehead atoms. The highest BCUT2D eigenvalue weighted by Gasteiger charge is 2.29. The summed E-state index contributed by atoms with van der Waals surface area (Å²) >= 11 is 1.47. The molecule has 1 amide bonds. The minimum Gasteiger partial charge on any atom is -0.333 e. The first-order valence-electron chi connectivity index (χ1n) is 5.16. The molecule has 5 heteroatoms. The molecule has 1 unspecified atom stereocenters. The number of rotatable bonds is 3. The van der Waals surface area contributed by atoms with E-state index in [9.17, 15) is 4.79 Å². The lowest BCUT2D eigenvalue weighted by atomic mass is 10.2. The second-order valence-corrected chi connectivity index (χ2v) is 4.44. The number of hydrogen-bond acceptors (Lipinski definition) is 4. The molecular weight excluding hydrogens is 210 g/mol. The van der Waals surface area contributed by atoms with Crippen LogP contribution in [0.4, 0.5) is 0 Å². The quantitative estimate of drug-likeness (QED) is 0.833. The first-order chi connectivity index (χ1) is 7.33. The third-order valence-electron chi connectivity index (χ3n) is 2.73. The van der Waals surface area contributed by atoms with Gasteiger partial charge in [-0.1, -0.05) is 0 Å². The van der Waals surface area contributed by atoms with Crippen LogP contribution < -0.4 is 5.32 Å². The average Bonchev–Trinajstić information content (AvgIpc) is 2.87. The van der Waals surface area contributed by atoms with E-state index in [-0.39, 0.29) is 5.91 Å². The maximum atomic E-state index is 12.0. The maximum Gasteiger partial charge on any atom is 0.273 e. The Hall–Kier alpha value is -0.940. The van der Waals surface area contributed by atoms with Gasteiger partial charge in [0, 0.05) is 24.5 Å². The molecule has 82 valence electrons. The third kappa shape index (κ3) is 2.18. The van der Waals surface area contributed by atoms with Gasteiger partial charge in [0.05, 0.1) is 5.51 Å². The zero-order chi connectivity index (χ0) is 10.7. The number of amides is 1. The molecule has 0 spiro atoms. The Kier molecular flexibility index (Phi) is 3.33. The van der Waals surface area contributed by atoms with Crippen molar-refractivity contribution in [1.29, 1.82) is 0 Å². The number of likely N-dealkylation sites (N-methyl/N-ethyl adjacent to an activating group) is 1. The first kappa shape index (κ1) is 10.6. The first-order valence-corrected chi connectivity index (χ1v) is 6.11. The van der Waals surface area contributed by atoms with Crippen LogP contribution in [0.25, 0.3) is 0 Å². The summed E-state index contributed by atoms with van der Waals surface area (Å²) in [4.78, 5) is 18.0. The summed E-state index contributed by atoms with van der Waals surface area (Å²) in [5, 5.41) is 4.94. The molecule has 0 saturated carbocycles. The Bertz CT molecular complexity index is 325. The van der Waals surface area contributed by atoms with Crippen LogP contribution >= 0.6 is 11.3 Å². The van der Waals surface area contributed by atoms with E-state index in [0.717, 1.165) is 25.9 Å². The van der Waals surface area contributed by atoms with Gasteiger partial charge in [-0.3, -0.25) is 4.79 Å². The SMILES string of the molecule is CNCC1CCCN1C(=O)c1cscn1. The maximum absolute atomic E-state index is 12.0. The predicted octanol–water partition coefficient (Wildman–Crippen LogP) is 0.967. The van der Waals surface area contributed by atoms with Crippen molar-refractivity contribution in [3.8, 4) is 0 Å². The Morgan fingerprint density at radius 2 is 2.67 bits per heavy atom. The Morgan fingerprint density at radius 1 is 1.80 bits per heavy atom. The minimum absolute atomic E-state index is 0.0778. The number of carbonyl (C=O) groups is 1. The van der Waals surface area contributed by atoms with Crippen molar-refractivity contribution in [1.82, 2.24) is 15.2 Å². The Balaban J connectivity index is 2.06. The van der Waals surface area contributed by atoms with Crippen LogP contribution in [-0.2, 0) is 0 Å². The van der Waals surface area contributed by atoms with E-state index >= 15 is 0 Å². The second kappa shape index (κ2) is 4.72. The number of likely N-dealkylation sites (tertiary alicyclic amines) is 1. The van der Waals surface area contributed by atoms with Gasteiger partial charge in [0.25, 0.3) is 5.91 Å². The fraction of sp³-hybridized carbons (Fsp3) is 0.600. The van der Waals surface area contributed by atoms with Crippen molar-refractivity contribution < 1.29 is 4.79 Å². The Labute approximate surface area is 93.3 Å². The summed E-state index contributed by atoms with van der Waals surface area (Å²) < 4.78 is 0. The van der Waals surface area contributed by atoms with Crippen molar-refractivity contribution in [2.75, 3.05) is 20.1 Å². The number of nitrogens with zero attached hydrogens (tertiary/aromatic N) is 2. The topological polar surface area (TPSA) is 45.2 Å². The van der Waals surface area contributed by atoms with Gasteiger partial charge < -0.3 is 10.2 Å². The molecular formula is C10H15N3OS. The molecule has 1 aliphatic rings. The lowest BCUT2D eigenvalue weighted by Crippen LogP contribution is -2.40. The fourth-order valence-corrected chi connectivity index (χ4v) is 2.54. The largest absolute Gasteiger partial charge is 0.333 e. The highest BCUT2D eigenvalue weighted by Crippen LogP contribution is 2.19. The van der Waals surface area contributed by atoms with Crippen LogP contribution in [0.5, 0.6) is 0 Å². The molecule has 4 nitrogen and oxygen atoms in total. The van der Waals surface area contributed by atoms with Crippen molar-refractivity contribution in [2.45, 2.75) is 18.9 Å². The zero-order valence-electron chi connectivity index (χ0n) is 8.77. The summed E-state index contributed by atoms with van der Waals surface area (Å²) in [6.07, 6.45) is 2.19. The van der Waals surface area contributed by atoms with Crippen LogP contribution in [0.2, 0.25) is 0 Å². The van der Waals surface area contributed by atoms with Gasteiger partial charge in [-0.25, -0.2) is 4.98 Å². The second-order valence-electron chi connectivity index (χ2n) is 3.73. The van der Waals surface area contributed by atoms with Gasteiger partial charge in [-0.2, -0.15) is 0 Å². The van der Waals surface area contributed by atoms with Gasteiger partial charge in [-0.05, 0) is 19.9 Å². The van der Waals surface area contributed by atoms with Crippen molar-refractivity contribution in [2.24, 2.45) is 0 Å². The standard InChI is InChI=1S/C10H15N3OS/c1-11-5-8-3-2-4-13(8)10(14)9-6-15-7-12-9/h6-8,11H,2-5H2,1H3. The molecule has 0 aliphatic carbocycles. The summed E-state index contributed by atoms with van der Waals surface area (Å²) in [5.41, 5.74) is 2.29. The Morgan fingerprint density at radius 3 is 3.33 bits per heavy atom. The van der Waals surface area contributed by atoms with Crippen LogP contribution in [0.15, 0.2) is 10.9 Å². The highest BCUT2D eigenvalue weighted by molar-refractivity contribution is 7.07. The lowest BCUT2D eigenvalue weighted by Gasteiger charge is -2.23. The van der Waals surface area contributed by atoms with Crippen molar-refractivity contribution >= 4 is 17.2 Å². The van der Waals surface area contributed by atoms with Gasteiger partial charge >= 0.3 is 0 Å². The van der Waals surface area contributed by atoms with Crippen molar-refractivity contribution in [3.63, 3.8) is 0 Å². The van der Waals surface area contributed by atoms with Crippen LogP contribution in [0, 0.1) is 0 Å². The third-order valence-corrected chi connectivity index (χ3v) is 3.32. The minimum atomic E-state index is 0.0778. The van der Waals surface area contributed by atoms with E-state index in [4.69, 9.17) is 0 Å². The number of nitrogens with one attached hydrogen (secondary N) is 1. The average molecular weight is 225 g/mol. The van der Waals surface area contributed by atoms with Crippen molar-refractivity contribution in [3.05, 3.63) is 16.6 Å². The molecule has 0 radical (unpaired) electrons. The van der Waals surface area contributed by atoms with E-state index < -0.39 is 0 Å². The molecule has 1 fully saturated rings. The summed E-state index contributed by atoms with van der Waals surface area (Å²) in [6.45, 7) is 1.73. The molecule has 1 aromatic rings. The van der Waals surface area contributed by atoms with Gasteiger partial charge in [0.1, 0.15) is 5.69 Å². The van der Waals surface area contributed by atoms with E-state index in [0.29, 0.717) is 11.7 Å². The summed E-state index contributed by atoms with van der Waals surface area (Å²) in [7, 11) is 1.92. The normalized spacial score (nSPS) is 20.9.